The lowest BCUT2D eigenvalue weighted by molar-refractivity contribution is 0.490. The molecule has 0 saturated carbocycles. The molecule has 28 heavy (non-hydrogen) atoms. The first kappa shape index (κ1) is 17.2. The van der Waals surface area contributed by atoms with E-state index in [1.807, 2.05) is 0 Å². The van der Waals surface area contributed by atoms with Crippen molar-refractivity contribution in [3.05, 3.63) is 89.5 Å². The third-order valence-electron chi connectivity index (χ3n) is 6.69. The Bertz CT molecular complexity index is 1200. The summed E-state index contributed by atoms with van der Waals surface area (Å²) in [5.41, 5.74) is 10.5. The number of aryl methyl sites for hydroxylation is 1. The Morgan fingerprint density at radius 1 is 0.750 bits per heavy atom. The van der Waals surface area contributed by atoms with E-state index in [9.17, 15) is 0 Å². The molecular weight excluding hydrogens is 338 g/mol. The van der Waals surface area contributed by atoms with Gasteiger partial charge in [-0.3, -0.25) is 0 Å². The van der Waals surface area contributed by atoms with Crippen LogP contribution in [0, 0.1) is 6.92 Å². The Morgan fingerprint density at radius 2 is 1.46 bits per heavy atom. The highest BCUT2D eigenvalue weighted by Gasteiger charge is 2.40. The first-order valence-electron chi connectivity index (χ1n) is 10.3. The van der Waals surface area contributed by atoms with Crippen molar-refractivity contribution in [1.29, 1.82) is 0 Å². The SMILES string of the molecule is CCC1(CC)c2ccccc2-c2ccc(-c3cc(C)c4ccccc4n3)cc21. The molecule has 5 rings (SSSR count). The van der Waals surface area contributed by atoms with E-state index in [0.29, 0.717) is 0 Å². The number of pyridine rings is 1. The van der Waals surface area contributed by atoms with E-state index >= 15 is 0 Å². The first-order valence-corrected chi connectivity index (χ1v) is 10.3. The molecule has 0 radical (unpaired) electrons. The number of hydrogen-bond acceptors (Lipinski definition) is 1. The second kappa shape index (κ2) is 6.31. The molecule has 0 saturated heterocycles. The summed E-state index contributed by atoms with van der Waals surface area (Å²) in [5.74, 6) is 0. The molecule has 1 heterocycles. The summed E-state index contributed by atoms with van der Waals surface area (Å²) in [6.07, 6.45) is 2.22. The maximum atomic E-state index is 4.98. The monoisotopic (exact) mass is 363 g/mol. The molecule has 3 aromatic carbocycles. The Kier molecular flexibility index (Phi) is 3.87. The second-order valence-electron chi connectivity index (χ2n) is 7.94. The van der Waals surface area contributed by atoms with Gasteiger partial charge in [-0.1, -0.05) is 68.4 Å². The summed E-state index contributed by atoms with van der Waals surface area (Å²) in [5, 5.41) is 1.23. The van der Waals surface area contributed by atoms with Gasteiger partial charge in [0.15, 0.2) is 0 Å². The van der Waals surface area contributed by atoms with Gasteiger partial charge in [-0.05, 0) is 65.8 Å². The molecule has 1 aromatic heterocycles. The normalized spacial score (nSPS) is 14.1. The first-order chi connectivity index (χ1) is 13.7. The van der Waals surface area contributed by atoms with Gasteiger partial charge in [0.05, 0.1) is 11.2 Å². The van der Waals surface area contributed by atoms with Crippen LogP contribution in [0.1, 0.15) is 43.4 Å². The molecule has 0 spiro atoms. The second-order valence-corrected chi connectivity index (χ2v) is 7.94. The summed E-state index contributed by atoms with van der Waals surface area (Å²) in [4.78, 5) is 4.98. The summed E-state index contributed by atoms with van der Waals surface area (Å²) >= 11 is 0. The molecule has 0 N–H and O–H groups in total. The zero-order valence-corrected chi connectivity index (χ0v) is 16.8. The van der Waals surface area contributed by atoms with Crippen molar-refractivity contribution in [3.63, 3.8) is 0 Å². The van der Waals surface area contributed by atoms with Crippen LogP contribution in [0.2, 0.25) is 0 Å². The molecule has 1 heteroatoms. The van der Waals surface area contributed by atoms with Gasteiger partial charge in [0, 0.05) is 16.4 Å². The molecule has 0 atom stereocenters. The number of fused-ring (bicyclic) bond motifs is 4. The number of para-hydroxylation sites is 1. The van der Waals surface area contributed by atoms with Gasteiger partial charge >= 0.3 is 0 Å². The fraction of sp³-hybridized carbons (Fsp3) is 0.222. The van der Waals surface area contributed by atoms with Gasteiger partial charge in [-0.2, -0.15) is 0 Å². The number of hydrogen-bond donors (Lipinski definition) is 0. The van der Waals surface area contributed by atoms with Crippen molar-refractivity contribution in [2.45, 2.75) is 39.0 Å². The fourth-order valence-corrected chi connectivity index (χ4v) is 5.12. The lowest BCUT2D eigenvalue weighted by atomic mass is 9.73. The van der Waals surface area contributed by atoms with Gasteiger partial charge in [-0.15, -0.1) is 0 Å². The van der Waals surface area contributed by atoms with E-state index < -0.39 is 0 Å². The molecule has 0 amide bonds. The highest BCUT2D eigenvalue weighted by Crippen LogP contribution is 2.53. The van der Waals surface area contributed by atoms with Gasteiger partial charge in [0.1, 0.15) is 0 Å². The fourth-order valence-electron chi connectivity index (χ4n) is 5.12. The van der Waals surface area contributed by atoms with Crippen molar-refractivity contribution in [1.82, 2.24) is 4.98 Å². The third-order valence-corrected chi connectivity index (χ3v) is 6.69. The predicted molar refractivity (Wildman–Crippen MR) is 119 cm³/mol. The minimum Gasteiger partial charge on any atom is -0.248 e. The van der Waals surface area contributed by atoms with E-state index in [1.165, 1.54) is 38.8 Å². The Labute approximate surface area is 167 Å². The zero-order valence-electron chi connectivity index (χ0n) is 16.8. The number of aromatic nitrogens is 1. The average Bonchev–Trinajstić information content (AvgIpc) is 3.03. The summed E-state index contributed by atoms with van der Waals surface area (Å²) in [6.45, 7) is 6.82. The van der Waals surface area contributed by atoms with Crippen molar-refractivity contribution in [3.8, 4) is 22.4 Å². The highest BCUT2D eigenvalue weighted by atomic mass is 14.7. The van der Waals surface area contributed by atoms with Crippen LogP contribution in [0.3, 0.4) is 0 Å². The highest BCUT2D eigenvalue weighted by molar-refractivity contribution is 5.87. The topological polar surface area (TPSA) is 12.9 Å². The maximum Gasteiger partial charge on any atom is 0.0712 e. The van der Waals surface area contributed by atoms with Crippen molar-refractivity contribution < 1.29 is 0 Å². The smallest absolute Gasteiger partial charge is 0.0712 e. The van der Waals surface area contributed by atoms with E-state index in [0.717, 1.165) is 24.1 Å². The van der Waals surface area contributed by atoms with Gasteiger partial charge in [-0.25, -0.2) is 4.98 Å². The lowest BCUT2D eigenvalue weighted by Gasteiger charge is -2.29. The molecule has 0 aliphatic heterocycles. The lowest BCUT2D eigenvalue weighted by Crippen LogP contribution is -2.23. The Morgan fingerprint density at radius 3 is 2.29 bits per heavy atom. The van der Waals surface area contributed by atoms with Gasteiger partial charge in [0.2, 0.25) is 0 Å². The molecule has 138 valence electrons. The minimum absolute atomic E-state index is 0.105. The Balaban J connectivity index is 1.73. The minimum atomic E-state index is 0.105. The summed E-state index contributed by atoms with van der Waals surface area (Å²) in [7, 11) is 0. The Hall–Kier alpha value is -2.93. The van der Waals surface area contributed by atoms with Crippen LogP contribution >= 0.6 is 0 Å². The van der Waals surface area contributed by atoms with Crippen LogP contribution in [-0.2, 0) is 5.41 Å². The van der Waals surface area contributed by atoms with E-state index in [2.05, 4.69) is 93.6 Å². The molecule has 1 nitrogen and oxygen atoms in total. The molecular formula is C27H25N. The van der Waals surface area contributed by atoms with Crippen LogP contribution in [-0.4, -0.2) is 4.98 Å². The van der Waals surface area contributed by atoms with E-state index in [4.69, 9.17) is 4.98 Å². The molecule has 1 aliphatic carbocycles. The number of rotatable bonds is 3. The standard InChI is InChI=1S/C27H25N/c1-4-27(5-2)23-12-8-6-11-21(23)22-15-14-19(17-24(22)27)26-16-18(3)20-10-7-9-13-25(20)28-26/h6-17H,4-5H2,1-3H3. The largest absolute Gasteiger partial charge is 0.248 e. The van der Waals surface area contributed by atoms with Crippen LogP contribution in [0.15, 0.2) is 72.8 Å². The van der Waals surface area contributed by atoms with Crippen molar-refractivity contribution >= 4 is 10.9 Å². The average molecular weight is 364 g/mol. The van der Waals surface area contributed by atoms with E-state index in [1.54, 1.807) is 0 Å². The number of nitrogens with zero attached hydrogens (tertiary/aromatic N) is 1. The molecule has 0 bridgehead atoms. The molecule has 1 aliphatic rings. The molecule has 4 aromatic rings. The van der Waals surface area contributed by atoms with Crippen molar-refractivity contribution in [2.75, 3.05) is 0 Å². The quantitative estimate of drug-likeness (QED) is 0.372. The van der Waals surface area contributed by atoms with Crippen LogP contribution in [0.4, 0.5) is 0 Å². The van der Waals surface area contributed by atoms with Crippen LogP contribution in [0.25, 0.3) is 33.3 Å². The zero-order chi connectivity index (χ0) is 19.3. The van der Waals surface area contributed by atoms with Crippen LogP contribution < -0.4 is 0 Å². The predicted octanol–water partition coefficient (Wildman–Crippen LogP) is 7.30. The van der Waals surface area contributed by atoms with Gasteiger partial charge < -0.3 is 0 Å². The number of benzene rings is 3. The van der Waals surface area contributed by atoms with Crippen molar-refractivity contribution in [2.24, 2.45) is 0 Å². The van der Waals surface area contributed by atoms with E-state index in [-0.39, 0.29) is 5.41 Å². The van der Waals surface area contributed by atoms with Crippen LogP contribution in [0.5, 0.6) is 0 Å². The summed E-state index contributed by atoms with van der Waals surface area (Å²) < 4.78 is 0. The molecule has 0 fully saturated rings. The maximum absolute atomic E-state index is 4.98. The van der Waals surface area contributed by atoms with Gasteiger partial charge in [0.25, 0.3) is 0 Å². The summed E-state index contributed by atoms with van der Waals surface area (Å²) in [6, 6.07) is 26.5. The third kappa shape index (κ3) is 2.29. The molecule has 0 unspecified atom stereocenters.